The number of nitrogens with zero attached hydrogens (tertiary/aromatic N) is 2. The number of carbonyl (C=O) groups excluding carboxylic acids is 2. The van der Waals surface area contributed by atoms with Gasteiger partial charge in [0.05, 0.1) is 17.4 Å². The van der Waals surface area contributed by atoms with E-state index in [9.17, 15) is 9.59 Å². The van der Waals surface area contributed by atoms with Gasteiger partial charge in [0.2, 0.25) is 0 Å². The number of nitrogens with one attached hydrogen (secondary N) is 3. The summed E-state index contributed by atoms with van der Waals surface area (Å²) in [4.78, 5) is 26.5. The Hall–Kier alpha value is -2.87. The van der Waals surface area contributed by atoms with Crippen molar-refractivity contribution in [3.8, 4) is 5.69 Å². The Kier molecular flexibility index (Phi) is 4.24. The number of hydrogen-bond donors (Lipinski definition) is 3. The maximum absolute atomic E-state index is 12.0. The molecule has 8 heteroatoms. The van der Waals surface area contributed by atoms with Gasteiger partial charge in [0.15, 0.2) is 0 Å². The van der Waals surface area contributed by atoms with Crippen LogP contribution in [-0.2, 0) is 0 Å². The highest BCUT2D eigenvalue weighted by Gasteiger charge is 2.11. The van der Waals surface area contributed by atoms with Gasteiger partial charge in [-0.25, -0.2) is 4.68 Å². The van der Waals surface area contributed by atoms with Crippen molar-refractivity contribution in [2.24, 2.45) is 0 Å². The molecule has 0 aliphatic rings. The Morgan fingerprint density at radius 1 is 1.09 bits per heavy atom. The van der Waals surface area contributed by atoms with Crippen LogP contribution in [0.1, 0.15) is 20.8 Å². The Labute approximate surface area is 139 Å². The van der Waals surface area contributed by atoms with Crippen LogP contribution in [0.5, 0.6) is 0 Å². The van der Waals surface area contributed by atoms with E-state index in [1.165, 1.54) is 6.20 Å². The van der Waals surface area contributed by atoms with Crippen LogP contribution in [0.2, 0.25) is 0 Å². The van der Waals surface area contributed by atoms with Crippen LogP contribution >= 0.6 is 15.9 Å². The van der Waals surface area contributed by atoms with Gasteiger partial charge in [-0.05, 0) is 36.4 Å². The molecule has 0 saturated heterocycles. The van der Waals surface area contributed by atoms with Gasteiger partial charge in [-0.1, -0.05) is 15.9 Å². The third-order valence-corrected chi connectivity index (χ3v) is 3.60. The number of H-pyrrole nitrogens is 1. The molecule has 2 amide bonds. The van der Waals surface area contributed by atoms with Crippen LogP contribution in [0.25, 0.3) is 5.69 Å². The molecule has 23 heavy (non-hydrogen) atoms. The number of rotatable bonds is 3. The SMILES string of the molecule is O=C(NNC(=O)c1ccc[nH]1)c1cnn(-c2ccc(Br)cc2)c1. The van der Waals surface area contributed by atoms with E-state index in [0.717, 1.165) is 10.2 Å². The molecule has 3 rings (SSSR count). The molecule has 1 aromatic carbocycles. The van der Waals surface area contributed by atoms with E-state index in [0.29, 0.717) is 11.3 Å². The molecule has 3 aromatic rings. The van der Waals surface area contributed by atoms with E-state index in [2.05, 4.69) is 36.9 Å². The molecule has 0 aliphatic carbocycles. The quantitative estimate of drug-likeness (QED) is 0.613. The smallest absolute Gasteiger partial charge is 0.286 e. The minimum Gasteiger partial charge on any atom is -0.357 e. The third-order valence-electron chi connectivity index (χ3n) is 3.07. The zero-order valence-corrected chi connectivity index (χ0v) is 13.4. The lowest BCUT2D eigenvalue weighted by molar-refractivity contribution is 0.0844. The predicted octanol–water partition coefficient (Wildman–Crippen LogP) is 2.04. The van der Waals surface area contributed by atoms with Crippen molar-refractivity contribution in [3.05, 3.63) is 70.7 Å². The summed E-state index contributed by atoms with van der Waals surface area (Å²) < 4.78 is 2.53. The Morgan fingerprint density at radius 2 is 1.83 bits per heavy atom. The number of halogens is 1. The van der Waals surface area contributed by atoms with Gasteiger partial charge in [-0.15, -0.1) is 0 Å². The van der Waals surface area contributed by atoms with E-state index in [-0.39, 0.29) is 0 Å². The van der Waals surface area contributed by atoms with E-state index in [4.69, 9.17) is 0 Å². The van der Waals surface area contributed by atoms with Gasteiger partial charge in [0.1, 0.15) is 5.69 Å². The van der Waals surface area contributed by atoms with Crippen LogP contribution < -0.4 is 10.9 Å². The largest absolute Gasteiger partial charge is 0.357 e. The van der Waals surface area contributed by atoms with Gasteiger partial charge in [-0.2, -0.15) is 5.10 Å². The fourth-order valence-electron chi connectivity index (χ4n) is 1.90. The summed E-state index contributed by atoms with van der Waals surface area (Å²) in [5, 5.41) is 4.14. The van der Waals surface area contributed by atoms with Gasteiger partial charge in [0.25, 0.3) is 11.8 Å². The lowest BCUT2D eigenvalue weighted by Gasteiger charge is -2.04. The highest BCUT2D eigenvalue weighted by Crippen LogP contribution is 2.14. The van der Waals surface area contributed by atoms with Gasteiger partial charge < -0.3 is 4.98 Å². The van der Waals surface area contributed by atoms with E-state index in [1.54, 1.807) is 29.2 Å². The Balaban J connectivity index is 1.64. The van der Waals surface area contributed by atoms with Crippen LogP contribution in [0, 0.1) is 0 Å². The van der Waals surface area contributed by atoms with E-state index < -0.39 is 11.8 Å². The zero-order valence-electron chi connectivity index (χ0n) is 11.8. The summed E-state index contributed by atoms with van der Waals surface area (Å²) in [6.07, 6.45) is 4.64. The average Bonchev–Trinajstić information content (AvgIpc) is 3.24. The fraction of sp³-hybridized carbons (Fsp3) is 0. The molecular formula is C15H12BrN5O2. The Morgan fingerprint density at radius 3 is 2.52 bits per heavy atom. The predicted molar refractivity (Wildman–Crippen MR) is 87.0 cm³/mol. The van der Waals surface area contributed by atoms with Gasteiger partial charge >= 0.3 is 0 Å². The second-order valence-electron chi connectivity index (χ2n) is 4.64. The van der Waals surface area contributed by atoms with Crippen molar-refractivity contribution < 1.29 is 9.59 Å². The molecule has 0 unspecified atom stereocenters. The maximum Gasteiger partial charge on any atom is 0.286 e. The van der Waals surface area contributed by atoms with Crippen LogP contribution in [0.4, 0.5) is 0 Å². The van der Waals surface area contributed by atoms with Crippen LogP contribution in [0.15, 0.2) is 59.5 Å². The Bertz CT molecular complexity index is 824. The van der Waals surface area contributed by atoms with Gasteiger partial charge in [-0.3, -0.25) is 20.4 Å². The first-order valence-electron chi connectivity index (χ1n) is 6.68. The number of aromatic amines is 1. The minimum absolute atomic E-state index is 0.333. The molecule has 2 aromatic heterocycles. The van der Waals surface area contributed by atoms with Crippen molar-refractivity contribution in [1.82, 2.24) is 25.6 Å². The molecule has 7 nitrogen and oxygen atoms in total. The van der Waals surface area contributed by atoms with Crippen molar-refractivity contribution in [1.29, 1.82) is 0 Å². The number of hydrazine groups is 1. The molecule has 0 radical (unpaired) electrons. The lowest BCUT2D eigenvalue weighted by atomic mass is 10.3. The van der Waals surface area contributed by atoms with Crippen molar-refractivity contribution in [3.63, 3.8) is 0 Å². The molecule has 2 heterocycles. The monoisotopic (exact) mass is 373 g/mol. The summed E-state index contributed by atoms with van der Waals surface area (Å²) in [5.41, 5.74) is 6.18. The molecule has 116 valence electrons. The van der Waals surface area contributed by atoms with Crippen molar-refractivity contribution in [2.75, 3.05) is 0 Å². The topological polar surface area (TPSA) is 91.8 Å². The second kappa shape index (κ2) is 6.49. The summed E-state index contributed by atoms with van der Waals surface area (Å²) >= 11 is 3.36. The average molecular weight is 374 g/mol. The summed E-state index contributed by atoms with van der Waals surface area (Å²) in [5.74, 6) is -0.878. The number of amides is 2. The number of benzene rings is 1. The highest BCUT2D eigenvalue weighted by molar-refractivity contribution is 9.10. The third kappa shape index (κ3) is 3.49. The molecular weight excluding hydrogens is 362 g/mol. The van der Waals surface area contributed by atoms with E-state index >= 15 is 0 Å². The standard InChI is InChI=1S/C15H12BrN5O2/c16-11-3-5-12(6-4-11)21-9-10(8-18-21)14(22)19-20-15(23)13-2-1-7-17-13/h1-9,17H,(H,19,22)(H,20,23). The molecule has 0 fully saturated rings. The second-order valence-corrected chi connectivity index (χ2v) is 5.56. The number of hydrogen-bond acceptors (Lipinski definition) is 3. The first kappa shape index (κ1) is 15.0. The van der Waals surface area contributed by atoms with Crippen molar-refractivity contribution >= 4 is 27.7 Å². The molecule has 3 N–H and O–H groups in total. The van der Waals surface area contributed by atoms with Crippen LogP contribution in [0.3, 0.4) is 0 Å². The van der Waals surface area contributed by atoms with Gasteiger partial charge in [0, 0.05) is 16.9 Å². The fourth-order valence-corrected chi connectivity index (χ4v) is 2.16. The molecule has 0 bridgehead atoms. The number of carbonyl (C=O) groups is 2. The summed E-state index contributed by atoms with van der Waals surface area (Å²) in [6, 6.07) is 10.8. The van der Waals surface area contributed by atoms with Crippen LogP contribution in [-0.4, -0.2) is 26.6 Å². The first-order valence-corrected chi connectivity index (χ1v) is 7.47. The maximum atomic E-state index is 12.0. The molecule has 0 atom stereocenters. The minimum atomic E-state index is -0.451. The molecule has 0 aliphatic heterocycles. The summed E-state index contributed by atoms with van der Waals surface area (Å²) in [6.45, 7) is 0. The molecule has 0 spiro atoms. The summed E-state index contributed by atoms with van der Waals surface area (Å²) in [7, 11) is 0. The lowest BCUT2D eigenvalue weighted by Crippen LogP contribution is -2.41. The highest BCUT2D eigenvalue weighted by atomic mass is 79.9. The number of aromatic nitrogens is 3. The zero-order chi connectivity index (χ0) is 16.2. The van der Waals surface area contributed by atoms with Crippen molar-refractivity contribution in [2.45, 2.75) is 0 Å². The van der Waals surface area contributed by atoms with E-state index in [1.807, 2.05) is 24.3 Å². The normalized spacial score (nSPS) is 10.3. The first-order chi connectivity index (χ1) is 11.1. The molecule has 0 saturated carbocycles.